The number of halogens is 1. The van der Waals surface area contributed by atoms with Crippen molar-refractivity contribution in [3.63, 3.8) is 0 Å². The van der Waals surface area contributed by atoms with E-state index in [1.165, 1.54) is 16.2 Å². The Labute approximate surface area is 150 Å². The molecule has 4 rings (SSSR count). The van der Waals surface area contributed by atoms with E-state index in [1.54, 1.807) is 36.0 Å². The van der Waals surface area contributed by atoms with Crippen molar-refractivity contribution in [2.45, 2.75) is 18.9 Å². The number of hydrogen-bond acceptors (Lipinski definition) is 4. The van der Waals surface area contributed by atoms with Gasteiger partial charge in [0.1, 0.15) is 6.54 Å². The molecule has 0 spiro atoms. The fraction of sp³-hybridized carbons (Fsp3) is 0.562. The predicted molar refractivity (Wildman–Crippen MR) is 92.2 cm³/mol. The van der Waals surface area contributed by atoms with E-state index in [1.807, 2.05) is 0 Å². The van der Waals surface area contributed by atoms with Gasteiger partial charge in [0.2, 0.25) is 11.8 Å². The molecule has 2 atom stereocenters. The molecule has 3 amide bonds. The van der Waals surface area contributed by atoms with Crippen LogP contribution in [0.3, 0.4) is 0 Å². The number of hydrogen-bond donors (Lipinski definition) is 0. The summed E-state index contributed by atoms with van der Waals surface area (Å²) in [5.41, 5.74) is 0. The van der Waals surface area contributed by atoms with Crippen molar-refractivity contribution in [3.05, 3.63) is 21.3 Å². The summed E-state index contributed by atoms with van der Waals surface area (Å²) in [5.74, 6) is -0.421. The largest absolute Gasteiger partial charge is 0.347 e. The third-order valence-corrected chi connectivity index (χ3v) is 5.89. The normalized spacial score (nSPS) is 23.4. The molecule has 0 aromatic carbocycles. The standard InChI is InChI=1S/C16H20ClN3O3S/c1-18(2)14(21)9-20-11-4-3-10(15(20)22)7-19(8-11)16(23)12-5-6-13(17)24-12/h5-6,10-11H,3-4,7-9H2,1-2H3/t10-,11+/m0/s1. The molecule has 24 heavy (non-hydrogen) atoms. The van der Waals surface area contributed by atoms with Crippen LogP contribution in [0.5, 0.6) is 0 Å². The molecule has 130 valence electrons. The second-order valence-corrected chi connectivity index (χ2v) is 8.21. The van der Waals surface area contributed by atoms with Gasteiger partial charge >= 0.3 is 0 Å². The molecule has 2 bridgehead atoms. The molecule has 0 radical (unpaired) electrons. The maximum atomic E-state index is 12.7. The smallest absolute Gasteiger partial charge is 0.264 e. The van der Waals surface area contributed by atoms with E-state index < -0.39 is 0 Å². The molecular formula is C16H20ClN3O3S. The minimum Gasteiger partial charge on any atom is -0.347 e. The SMILES string of the molecule is CN(C)C(=O)CN1C(=O)[C@H]2CC[C@@H]1CN(C(=O)c1ccc(Cl)s1)C2. The maximum absolute atomic E-state index is 12.7. The minimum atomic E-state index is -0.224. The van der Waals surface area contributed by atoms with Crippen LogP contribution < -0.4 is 0 Å². The van der Waals surface area contributed by atoms with Gasteiger partial charge in [-0.1, -0.05) is 11.6 Å². The van der Waals surface area contributed by atoms with Gasteiger partial charge in [-0.25, -0.2) is 0 Å². The lowest BCUT2D eigenvalue weighted by molar-refractivity contribution is -0.145. The number of likely N-dealkylation sites (N-methyl/N-ethyl adjacent to an activating group) is 1. The van der Waals surface area contributed by atoms with Crippen molar-refractivity contribution >= 4 is 40.7 Å². The number of thiophene rings is 1. The zero-order valence-electron chi connectivity index (χ0n) is 13.7. The number of fused-ring (bicyclic) bond motifs is 4. The third-order valence-electron chi connectivity index (χ3n) is 4.67. The summed E-state index contributed by atoms with van der Waals surface area (Å²) in [6.45, 7) is 0.966. The minimum absolute atomic E-state index is 0.0130. The molecule has 4 heterocycles. The van der Waals surface area contributed by atoms with Gasteiger partial charge in [0.25, 0.3) is 5.91 Å². The van der Waals surface area contributed by atoms with Gasteiger partial charge in [0, 0.05) is 33.2 Å². The molecule has 3 fully saturated rings. The molecule has 0 saturated carbocycles. The van der Waals surface area contributed by atoms with E-state index in [0.717, 1.165) is 12.8 Å². The van der Waals surface area contributed by atoms with Gasteiger partial charge in [0.05, 0.1) is 15.1 Å². The van der Waals surface area contributed by atoms with E-state index in [4.69, 9.17) is 11.6 Å². The number of carbonyl (C=O) groups excluding carboxylic acids is 3. The van der Waals surface area contributed by atoms with Gasteiger partial charge in [-0.05, 0) is 25.0 Å². The molecule has 0 unspecified atom stereocenters. The highest BCUT2D eigenvalue weighted by molar-refractivity contribution is 7.17. The molecule has 3 saturated heterocycles. The van der Waals surface area contributed by atoms with Crippen LogP contribution in [0.25, 0.3) is 0 Å². The fourth-order valence-corrected chi connectivity index (χ4v) is 4.30. The summed E-state index contributed by atoms with van der Waals surface area (Å²) >= 11 is 7.17. The van der Waals surface area contributed by atoms with Gasteiger partial charge in [-0.3, -0.25) is 14.4 Å². The van der Waals surface area contributed by atoms with Gasteiger partial charge < -0.3 is 14.7 Å². The van der Waals surface area contributed by atoms with E-state index in [2.05, 4.69) is 0 Å². The van der Waals surface area contributed by atoms with Gasteiger partial charge in [-0.2, -0.15) is 0 Å². The van der Waals surface area contributed by atoms with Gasteiger partial charge in [0.15, 0.2) is 0 Å². The number of carbonyl (C=O) groups is 3. The lowest BCUT2D eigenvalue weighted by atomic mass is 9.94. The lowest BCUT2D eigenvalue weighted by Gasteiger charge is -2.35. The molecule has 0 N–H and O–H groups in total. The molecule has 0 aliphatic carbocycles. The van der Waals surface area contributed by atoms with Crippen LogP contribution >= 0.6 is 22.9 Å². The number of amides is 3. The summed E-state index contributed by atoms with van der Waals surface area (Å²) in [7, 11) is 3.36. The van der Waals surface area contributed by atoms with E-state index in [0.29, 0.717) is 22.3 Å². The van der Waals surface area contributed by atoms with Crippen LogP contribution in [-0.2, 0) is 9.59 Å². The van der Waals surface area contributed by atoms with Crippen LogP contribution in [0.15, 0.2) is 12.1 Å². The first kappa shape index (κ1) is 17.2. The predicted octanol–water partition coefficient (Wildman–Crippen LogP) is 1.55. The fourth-order valence-electron chi connectivity index (χ4n) is 3.29. The number of nitrogens with zero attached hydrogens (tertiary/aromatic N) is 3. The number of rotatable bonds is 3. The second kappa shape index (κ2) is 6.72. The lowest BCUT2D eigenvalue weighted by Crippen LogP contribution is -2.51. The second-order valence-electron chi connectivity index (χ2n) is 6.50. The maximum Gasteiger partial charge on any atom is 0.264 e. The summed E-state index contributed by atoms with van der Waals surface area (Å²) in [6.07, 6.45) is 1.59. The zero-order chi connectivity index (χ0) is 17.4. The Morgan fingerprint density at radius 1 is 1.29 bits per heavy atom. The monoisotopic (exact) mass is 369 g/mol. The molecule has 8 heteroatoms. The van der Waals surface area contributed by atoms with Crippen molar-refractivity contribution in [2.24, 2.45) is 5.92 Å². The zero-order valence-corrected chi connectivity index (χ0v) is 15.3. The van der Waals surface area contributed by atoms with Crippen molar-refractivity contribution < 1.29 is 14.4 Å². The molecule has 1 aromatic heterocycles. The Balaban J connectivity index is 1.78. The topological polar surface area (TPSA) is 60.9 Å². The van der Waals surface area contributed by atoms with E-state index in [-0.39, 0.29) is 36.2 Å². The summed E-state index contributed by atoms with van der Waals surface area (Å²) in [4.78, 5) is 42.9. The number of piperidine rings is 1. The third kappa shape index (κ3) is 3.28. The summed E-state index contributed by atoms with van der Waals surface area (Å²) in [5, 5.41) is 0. The Kier molecular flexibility index (Phi) is 4.83. The first-order valence-electron chi connectivity index (χ1n) is 7.92. The first-order chi connectivity index (χ1) is 11.4. The quantitative estimate of drug-likeness (QED) is 0.812. The highest BCUT2D eigenvalue weighted by Crippen LogP contribution is 2.31. The Bertz CT molecular complexity index is 675. The molecular weight excluding hydrogens is 350 g/mol. The van der Waals surface area contributed by atoms with E-state index in [9.17, 15) is 14.4 Å². The van der Waals surface area contributed by atoms with Crippen LogP contribution in [0, 0.1) is 5.92 Å². The molecule has 3 aliphatic heterocycles. The van der Waals surface area contributed by atoms with Crippen LogP contribution in [0.4, 0.5) is 0 Å². The van der Waals surface area contributed by atoms with Crippen molar-refractivity contribution in [1.82, 2.24) is 14.7 Å². The highest BCUT2D eigenvalue weighted by atomic mass is 35.5. The molecule has 3 aliphatic rings. The van der Waals surface area contributed by atoms with Crippen LogP contribution in [-0.4, -0.2) is 72.2 Å². The Morgan fingerprint density at radius 3 is 2.67 bits per heavy atom. The first-order valence-corrected chi connectivity index (χ1v) is 9.11. The summed E-state index contributed by atoms with van der Waals surface area (Å²) < 4.78 is 0.574. The van der Waals surface area contributed by atoms with Crippen molar-refractivity contribution in [1.29, 1.82) is 0 Å². The summed E-state index contributed by atoms with van der Waals surface area (Å²) in [6, 6.07) is 3.33. The molecule has 6 nitrogen and oxygen atoms in total. The Morgan fingerprint density at radius 2 is 2.04 bits per heavy atom. The van der Waals surface area contributed by atoms with Crippen LogP contribution in [0.1, 0.15) is 22.5 Å². The Hall–Kier alpha value is -1.60. The van der Waals surface area contributed by atoms with Crippen LogP contribution in [0.2, 0.25) is 4.34 Å². The van der Waals surface area contributed by atoms with E-state index >= 15 is 0 Å². The van der Waals surface area contributed by atoms with Crippen molar-refractivity contribution in [2.75, 3.05) is 33.7 Å². The average Bonchev–Trinajstić information content (AvgIpc) is 2.79. The molecule has 1 aromatic rings. The van der Waals surface area contributed by atoms with Gasteiger partial charge in [-0.15, -0.1) is 11.3 Å². The average molecular weight is 370 g/mol. The highest BCUT2D eigenvalue weighted by Gasteiger charge is 2.42. The van der Waals surface area contributed by atoms with Crippen molar-refractivity contribution in [3.8, 4) is 0 Å².